The van der Waals surface area contributed by atoms with Gasteiger partial charge >= 0.3 is 0 Å². The van der Waals surface area contributed by atoms with Crippen LogP contribution in [0.15, 0.2) is 12.4 Å². The molecule has 2 rings (SSSR count). The number of aryl methyl sites for hydroxylation is 1. The fourth-order valence-electron chi connectivity index (χ4n) is 2.51. The van der Waals surface area contributed by atoms with Crippen LogP contribution >= 0.6 is 0 Å². The highest BCUT2D eigenvalue weighted by Crippen LogP contribution is 2.19. The molecule has 100 valence electrons. The van der Waals surface area contributed by atoms with Gasteiger partial charge in [-0.3, -0.25) is 9.69 Å². The van der Waals surface area contributed by atoms with Gasteiger partial charge in [0.1, 0.15) is 5.82 Å². The van der Waals surface area contributed by atoms with Gasteiger partial charge in [-0.25, -0.2) is 4.98 Å². The number of carbonyl (C=O) groups is 1. The Labute approximate surface area is 108 Å². The van der Waals surface area contributed by atoms with Crippen LogP contribution in [0, 0.1) is 5.92 Å². The van der Waals surface area contributed by atoms with E-state index in [1.807, 2.05) is 38.1 Å². The Balaban J connectivity index is 1.95. The van der Waals surface area contributed by atoms with Gasteiger partial charge < -0.3 is 9.47 Å². The molecule has 1 atom stereocenters. The lowest BCUT2D eigenvalue weighted by Crippen LogP contribution is -2.42. The lowest BCUT2D eigenvalue weighted by Gasteiger charge is -2.32. The molecule has 1 aromatic heterocycles. The second kappa shape index (κ2) is 5.52. The maximum atomic E-state index is 12.0. The molecule has 0 bridgehead atoms. The third-order valence-corrected chi connectivity index (χ3v) is 3.58. The average molecular weight is 250 g/mol. The monoisotopic (exact) mass is 250 g/mol. The first-order valence-corrected chi connectivity index (χ1v) is 6.47. The number of hydrogen-bond acceptors (Lipinski definition) is 3. The van der Waals surface area contributed by atoms with Crippen LogP contribution in [-0.2, 0) is 18.4 Å². The number of hydrogen-bond donors (Lipinski definition) is 0. The van der Waals surface area contributed by atoms with Gasteiger partial charge in [0.2, 0.25) is 5.91 Å². The van der Waals surface area contributed by atoms with E-state index in [9.17, 15) is 4.79 Å². The number of amides is 1. The van der Waals surface area contributed by atoms with Crippen molar-refractivity contribution in [3.8, 4) is 0 Å². The quantitative estimate of drug-likeness (QED) is 0.794. The van der Waals surface area contributed by atoms with Gasteiger partial charge in [-0.1, -0.05) is 0 Å². The molecular formula is C13H22N4O. The Kier molecular flexibility index (Phi) is 4.01. The van der Waals surface area contributed by atoms with Gasteiger partial charge in [-0.15, -0.1) is 0 Å². The molecule has 0 aliphatic carbocycles. The van der Waals surface area contributed by atoms with Crippen LogP contribution in [0.4, 0.5) is 0 Å². The number of likely N-dealkylation sites (tertiary alicyclic amines) is 1. The van der Waals surface area contributed by atoms with E-state index < -0.39 is 0 Å². The van der Waals surface area contributed by atoms with Gasteiger partial charge in [0.15, 0.2) is 0 Å². The van der Waals surface area contributed by atoms with Crippen molar-refractivity contribution >= 4 is 5.91 Å². The summed E-state index contributed by atoms with van der Waals surface area (Å²) in [5.41, 5.74) is 0. The standard InChI is InChI=1S/C13H22N4O/c1-15(2)13(18)11-5-4-7-17(9-11)10-12-14-6-8-16(12)3/h6,8,11H,4-5,7,9-10H2,1-3H3/t11-/m0/s1. The van der Waals surface area contributed by atoms with Crippen molar-refractivity contribution in [2.24, 2.45) is 13.0 Å². The predicted octanol–water partition coefficient (Wildman–Crippen LogP) is 0.720. The van der Waals surface area contributed by atoms with Gasteiger partial charge in [0.05, 0.1) is 12.5 Å². The summed E-state index contributed by atoms with van der Waals surface area (Å²) in [5.74, 6) is 1.46. The molecule has 1 aliphatic rings. The summed E-state index contributed by atoms with van der Waals surface area (Å²) in [5, 5.41) is 0. The van der Waals surface area contributed by atoms with Crippen molar-refractivity contribution in [3.63, 3.8) is 0 Å². The van der Waals surface area contributed by atoms with Gasteiger partial charge in [-0.05, 0) is 19.4 Å². The van der Waals surface area contributed by atoms with E-state index in [2.05, 4.69) is 9.88 Å². The molecule has 1 fully saturated rings. The smallest absolute Gasteiger partial charge is 0.226 e. The van der Waals surface area contributed by atoms with Crippen LogP contribution in [0.25, 0.3) is 0 Å². The van der Waals surface area contributed by atoms with E-state index in [4.69, 9.17) is 0 Å². The van der Waals surface area contributed by atoms with Crippen molar-refractivity contribution < 1.29 is 4.79 Å². The number of rotatable bonds is 3. The Morgan fingerprint density at radius 3 is 2.94 bits per heavy atom. The molecule has 0 N–H and O–H groups in total. The number of piperidine rings is 1. The van der Waals surface area contributed by atoms with Crippen LogP contribution in [0.2, 0.25) is 0 Å². The summed E-state index contributed by atoms with van der Waals surface area (Å²) >= 11 is 0. The molecule has 0 radical (unpaired) electrons. The molecule has 0 aromatic carbocycles. The minimum atomic E-state index is 0.147. The molecular weight excluding hydrogens is 228 g/mol. The molecule has 2 heterocycles. The predicted molar refractivity (Wildman–Crippen MR) is 69.9 cm³/mol. The zero-order valence-electron chi connectivity index (χ0n) is 11.5. The van der Waals surface area contributed by atoms with E-state index >= 15 is 0 Å². The molecule has 1 saturated heterocycles. The molecule has 5 nitrogen and oxygen atoms in total. The van der Waals surface area contributed by atoms with E-state index in [0.29, 0.717) is 0 Å². The molecule has 0 unspecified atom stereocenters. The van der Waals surface area contributed by atoms with Crippen molar-refractivity contribution in [1.82, 2.24) is 19.4 Å². The average Bonchev–Trinajstić information content (AvgIpc) is 2.74. The number of nitrogens with zero attached hydrogens (tertiary/aromatic N) is 4. The summed E-state index contributed by atoms with van der Waals surface area (Å²) < 4.78 is 2.04. The molecule has 5 heteroatoms. The number of carbonyl (C=O) groups excluding carboxylic acids is 1. The van der Waals surface area contributed by atoms with Gasteiger partial charge in [0.25, 0.3) is 0 Å². The molecule has 1 amide bonds. The lowest BCUT2D eigenvalue weighted by molar-refractivity contribution is -0.134. The zero-order valence-corrected chi connectivity index (χ0v) is 11.5. The fourth-order valence-corrected chi connectivity index (χ4v) is 2.51. The minimum Gasteiger partial charge on any atom is -0.349 e. The van der Waals surface area contributed by atoms with Crippen LogP contribution in [-0.4, -0.2) is 52.4 Å². The third-order valence-electron chi connectivity index (χ3n) is 3.58. The second-order valence-corrected chi connectivity index (χ2v) is 5.26. The number of imidazole rings is 1. The third kappa shape index (κ3) is 2.90. The highest BCUT2D eigenvalue weighted by atomic mass is 16.2. The van der Waals surface area contributed by atoms with Crippen LogP contribution in [0.3, 0.4) is 0 Å². The molecule has 1 aliphatic heterocycles. The number of aromatic nitrogens is 2. The maximum Gasteiger partial charge on any atom is 0.226 e. The van der Waals surface area contributed by atoms with Crippen LogP contribution in [0.1, 0.15) is 18.7 Å². The molecule has 0 saturated carbocycles. The largest absolute Gasteiger partial charge is 0.349 e. The lowest BCUT2D eigenvalue weighted by atomic mass is 9.97. The van der Waals surface area contributed by atoms with Crippen molar-refractivity contribution in [1.29, 1.82) is 0 Å². The van der Waals surface area contributed by atoms with E-state index in [-0.39, 0.29) is 11.8 Å². The van der Waals surface area contributed by atoms with Crippen molar-refractivity contribution in [3.05, 3.63) is 18.2 Å². The zero-order chi connectivity index (χ0) is 13.1. The normalized spacial score (nSPS) is 20.9. The Bertz CT molecular complexity index is 413. The summed E-state index contributed by atoms with van der Waals surface area (Å²) in [7, 11) is 5.68. The molecule has 0 spiro atoms. The second-order valence-electron chi connectivity index (χ2n) is 5.26. The Hall–Kier alpha value is -1.36. The first-order valence-electron chi connectivity index (χ1n) is 6.47. The first kappa shape index (κ1) is 13.1. The van der Waals surface area contributed by atoms with Crippen LogP contribution < -0.4 is 0 Å². The van der Waals surface area contributed by atoms with E-state index in [0.717, 1.165) is 38.3 Å². The highest BCUT2D eigenvalue weighted by molar-refractivity contribution is 5.78. The molecule has 1 aromatic rings. The highest BCUT2D eigenvalue weighted by Gasteiger charge is 2.27. The first-order chi connectivity index (χ1) is 8.58. The van der Waals surface area contributed by atoms with E-state index in [1.165, 1.54) is 0 Å². The summed E-state index contributed by atoms with van der Waals surface area (Å²) in [6.07, 6.45) is 5.88. The van der Waals surface area contributed by atoms with Crippen LogP contribution in [0.5, 0.6) is 0 Å². The topological polar surface area (TPSA) is 41.4 Å². The maximum absolute atomic E-state index is 12.0. The summed E-state index contributed by atoms with van der Waals surface area (Å²) in [6, 6.07) is 0. The Morgan fingerprint density at radius 2 is 2.33 bits per heavy atom. The molecule has 18 heavy (non-hydrogen) atoms. The van der Waals surface area contributed by atoms with Crippen molar-refractivity contribution in [2.75, 3.05) is 27.2 Å². The minimum absolute atomic E-state index is 0.147. The van der Waals surface area contributed by atoms with Gasteiger partial charge in [-0.2, -0.15) is 0 Å². The van der Waals surface area contributed by atoms with Gasteiger partial charge in [0, 0.05) is 40.1 Å². The summed E-state index contributed by atoms with van der Waals surface area (Å²) in [6.45, 7) is 2.74. The Morgan fingerprint density at radius 1 is 1.56 bits per heavy atom. The van der Waals surface area contributed by atoms with E-state index in [1.54, 1.807) is 4.90 Å². The van der Waals surface area contributed by atoms with Crippen molar-refractivity contribution in [2.45, 2.75) is 19.4 Å². The summed E-state index contributed by atoms with van der Waals surface area (Å²) in [4.78, 5) is 20.4. The SMILES string of the molecule is CN(C)C(=O)[C@H]1CCCN(Cc2nccn2C)C1. The fraction of sp³-hybridized carbons (Fsp3) is 0.692.